The number of hydrogen-bond acceptors (Lipinski definition) is 2. The van der Waals surface area contributed by atoms with Crippen LogP contribution < -0.4 is 0 Å². The van der Waals surface area contributed by atoms with Gasteiger partial charge in [0, 0.05) is 10.3 Å². The van der Waals surface area contributed by atoms with Crippen molar-refractivity contribution in [3.8, 4) is 0 Å². The standard InChI is InChI=1S/C17H25FOS/c1-2-14(18)8-6-9-15(19)17(11-4-3-5-12-17)16-10-7-13-20-16/h2,7,10,13,15,19H,3-6,8-9,11-12H2,1H3. The SMILES string of the molecule is CC=C(F)CCCC(O)C1(c2cccs2)CCCCC1. The summed E-state index contributed by atoms with van der Waals surface area (Å²) in [5.41, 5.74) is -0.0706. The van der Waals surface area contributed by atoms with E-state index in [-0.39, 0.29) is 17.3 Å². The summed E-state index contributed by atoms with van der Waals surface area (Å²) in [5.74, 6) is -0.0639. The molecule has 0 bridgehead atoms. The number of hydrogen-bond donors (Lipinski definition) is 1. The molecule has 1 aliphatic rings. The number of aliphatic hydroxyl groups is 1. The van der Waals surface area contributed by atoms with Crippen LogP contribution in [0.5, 0.6) is 0 Å². The molecule has 2 rings (SSSR count). The quantitative estimate of drug-likeness (QED) is 0.749. The second kappa shape index (κ2) is 7.37. The fourth-order valence-electron chi connectivity index (χ4n) is 3.37. The van der Waals surface area contributed by atoms with E-state index < -0.39 is 0 Å². The fraction of sp³-hybridized carbons (Fsp3) is 0.647. The first-order valence-corrected chi connectivity index (χ1v) is 8.60. The van der Waals surface area contributed by atoms with Crippen LogP contribution in [0.25, 0.3) is 0 Å². The van der Waals surface area contributed by atoms with E-state index in [0.29, 0.717) is 12.8 Å². The van der Waals surface area contributed by atoms with E-state index in [1.165, 1.54) is 30.2 Å². The van der Waals surface area contributed by atoms with E-state index in [2.05, 4.69) is 17.5 Å². The van der Waals surface area contributed by atoms with E-state index >= 15 is 0 Å². The van der Waals surface area contributed by atoms with Gasteiger partial charge in [0.1, 0.15) is 0 Å². The van der Waals surface area contributed by atoms with E-state index in [1.807, 2.05) is 0 Å². The van der Waals surface area contributed by atoms with Gasteiger partial charge in [-0.15, -0.1) is 11.3 Å². The predicted molar refractivity (Wildman–Crippen MR) is 83.8 cm³/mol. The molecule has 0 aliphatic heterocycles. The van der Waals surface area contributed by atoms with Gasteiger partial charge in [-0.1, -0.05) is 31.4 Å². The third kappa shape index (κ3) is 3.50. The summed E-state index contributed by atoms with van der Waals surface area (Å²) in [7, 11) is 0. The predicted octanol–water partition coefficient (Wildman–Crippen LogP) is 5.35. The van der Waals surface area contributed by atoms with Gasteiger partial charge in [0.2, 0.25) is 0 Å². The molecule has 1 N–H and O–H groups in total. The summed E-state index contributed by atoms with van der Waals surface area (Å²) in [5, 5.41) is 12.8. The van der Waals surface area contributed by atoms with Crippen LogP contribution in [0.1, 0.15) is 63.2 Å². The molecule has 1 fully saturated rings. The molecule has 20 heavy (non-hydrogen) atoms. The van der Waals surface area contributed by atoms with Crippen LogP contribution in [0.3, 0.4) is 0 Å². The highest BCUT2D eigenvalue weighted by molar-refractivity contribution is 7.10. The minimum absolute atomic E-state index is 0.0639. The molecule has 1 aromatic heterocycles. The summed E-state index contributed by atoms with van der Waals surface area (Å²) in [6.07, 6.45) is 8.84. The van der Waals surface area contributed by atoms with Crippen molar-refractivity contribution < 1.29 is 9.50 Å². The second-order valence-electron chi connectivity index (χ2n) is 5.84. The van der Waals surface area contributed by atoms with Crippen LogP contribution in [0, 0.1) is 0 Å². The van der Waals surface area contributed by atoms with E-state index in [1.54, 1.807) is 18.3 Å². The normalized spacial score (nSPS) is 20.9. The number of rotatable bonds is 6. The molecular formula is C17H25FOS. The highest BCUT2D eigenvalue weighted by Gasteiger charge is 2.40. The Morgan fingerprint density at radius 2 is 2.20 bits per heavy atom. The maximum Gasteiger partial charge on any atom is 0.0957 e. The number of halogens is 1. The molecule has 0 amide bonds. The molecule has 1 aliphatic carbocycles. The van der Waals surface area contributed by atoms with Crippen molar-refractivity contribution in [3.63, 3.8) is 0 Å². The van der Waals surface area contributed by atoms with Gasteiger partial charge in [0.05, 0.1) is 11.9 Å². The maximum absolute atomic E-state index is 13.2. The van der Waals surface area contributed by atoms with E-state index in [4.69, 9.17) is 0 Å². The minimum atomic E-state index is -0.342. The van der Waals surface area contributed by atoms with Crippen LogP contribution >= 0.6 is 11.3 Å². The number of thiophene rings is 1. The molecule has 0 aromatic carbocycles. The Kier molecular flexibility index (Phi) is 5.79. The summed E-state index contributed by atoms with van der Waals surface area (Å²) >= 11 is 1.76. The van der Waals surface area contributed by atoms with Crippen molar-refractivity contribution in [1.29, 1.82) is 0 Å². The number of aliphatic hydroxyl groups excluding tert-OH is 1. The van der Waals surface area contributed by atoms with Crippen molar-refractivity contribution in [2.24, 2.45) is 0 Å². The zero-order chi connectivity index (χ0) is 14.4. The van der Waals surface area contributed by atoms with Gasteiger partial charge in [0.15, 0.2) is 0 Å². The summed E-state index contributed by atoms with van der Waals surface area (Å²) < 4.78 is 13.2. The lowest BCUT2D eigenvalue weighted by Crippen LogP contribution is -2.40. The first-order chi connectivity index (χ1) is 9.69. The lowest BCUT2D eigenvalue weighted by atomic mass is 9.68. The molecular weight excluding hydrogens is 271 g/mol. The molecule has 0 saturated heterocycles. The van der Waals surface area contributed by atoms with Crippen LogP contribution in [0.2, 0.25) is 0 Å². The average Bonchev–Trinajstić information content (AvgIpc) is 3.02. The third-order valence-electron chi connectivity index (χ3n) is 4.60. The largest absolute Gasteiger partial charge is 0.392 e. The fourth-order valence-corrected chi connectivity index (χ4v) is 4.41. The van der Waals surface area contributed by atoms with Crippen LogP contribution in [0.4, 0.5) is 4.39 Å². The van der Waals surface area contributed by atoms with Gasteiger partial charge in [-0.3, -0.25) is 0 Å². The Labute approximate surface area is 125 Å². The van der Waals surface area contributed by atoms with Gasteiger partial charge in [-0.05, 0) is 50.5 Å². The van der Waals surface area contributed by atoms with Crippen LogP contribution in [-0.4, -0.2) is 11.2 Å². The van der Waals surface area contributed by atoms with Gasteiger partial charge >= 0.3 is 0 Å². The highest BCUT2D eigenvalue weighted by atomic mass is 32.1. The van der Waals surface area contributed by atoms with Crippen LogP contribution in [-0.2, 0) is 5.41 Å². The van der Waals surface area contributed by atoms with Gasteiger partial charge < -0.3 is 5.11 Å². The Bertz CT molecular complexity index is 418. The van der Waals surface area contributed by atoms with Crippen molar-refractivity contribution in [2.75, 3.05) is 0 Å². The van der Waals surface area contributed by atoms with Crippen molar-refractivity contribution >= 4 is 11.3 Å². The lowest BCUT2D eigenvalue weighted by Gasteiger charge is -2.40. The maximum atomic E-state index is 13.2. The van der Waals surface area contributed by atoms with Gasteiger partial charge in [0.25, 0.3) is 0 Å². The molecule has 112 valence electrons. The Hall–Kier alpha value is -0.670. The molecule has 0 radical (unpaired) electrons. The summed E-state index contributed by atoms with van der Waals surface area (Å²) in [6, 6.07) is 4.23. The topological polar surface area (TPSA) is 20.2 Å². The molecule has 3 heteroatoms. The molecule has 1 unspecified atom stereocenters. The molecule has 1 aromatic rings. The second-order valence-corrected chi connectivity index (χ2v) is 6.79. The smallest absolute Gasteiger partial charge is 0.0957 e. The minimum Gasteiger partial charge on any atom is -0.392 e. The Morgan fingerprint density at radius 1 is 1.45 bits per heavy atom. The first-order valence-electron chi connectivity index (χ1n) is 7.72. The lowest BCUT2D eigenvalue weighted by molar-refractivity contribution is 0.0473. The van der Waals surface area contributed by atoms with Gasteiger partial charge in [-0.2, -0.15) is 0 Å². The van der Waals surface area contributed by atoms with Crippen LogP contribution in [0.15, 0.2) is 29.4 Å². The monoisotopic (exact) mass is 296 g/mol. The number of allylic oxidation sites excluding steroid dienone is 2. The Morgan fingerprint density at radius 3 is 2.80 bits per heavy atom. The van der Waals surface area contributed by atoms with E-state index in [9.17, 15) is 9.50 Å². The summed E-state index contributed by atoms with van der Waals surface area (Å²) in [6.45, 7) is 1.72. The third-order valence-corrected chi connectivity index (χ3v) is 5.69. The molecule has 1 heterocycles. The van der Waals surface area contributed by atoms with Crippen molar-refractivity contribution in [3.05, 3.63) is 34.3 Å². The molecule has 1 atom stereocenters. The van der Waals surface area contributed by atoms with Crippen molar-refractivity contribution in [1.82, 2.24) is 0 Å². The van der Waals surface area contributed by atoms with Gasteiger partial charge in [-0.25, -0.2) is 4.39 Å². The average molecular weight is 296 g/mol. The Balaban J connectivity index is 2.03. The molecule has 0 spiro atoms. The van der Waals surface area contributed by atoms with Crippen molar-refractivity contribution in [2.45, 2.75) is 69.8 Å². The highest BCUT2D eigenvalue weighted by Crippen LogP contribution is 2.45. The zero-order valence-electron chi connectivity index (χ0n) is 12.3. The summed E-state index contributed by atoms with van der Waals surface area (Å²) in [4.78, 5) is 1.32. The first kappa shape index (κ1) is 15.7. The van der Waals surface area contributed by atoms with E-state index in [0.717, 1.165) is 19.3 Å². The zero-order valence-corrected chi connectivity index (χ0v) is 13.1. The molecule has 1 nitrogen and oxygen atoms in total. The molecule has 1 saturated carbocycles.